The molecular formula is C14H13BrN2O2. The number of aromatic carboxylic acids is 1. The third kappa shape index (κ3) is 3.26. The first kappa shape index (κ1) is 13.4. The molecule has 0 amide bonds. The molecule has 0 aromatic heterocycles. The van der Waals surface area contributed by atoms with Crippen molar-refractivity contribution in [2.24, 2.45) is 0 Å². The summed E-state index contributed by atoms with van der Waals surface area (Å²) in [5.74, 6) is -0.978. The lowest BCUT2D eigenvalue weighted by molar-refractivity contribution is 0.0697. The molecule has 0 fully saturated rings. The van der Waals surface area contributed by atoms with Crippen LogP contribution in [0.4, 0.5) is 17.1 Å². The third-order valence-corrected chi connectivity index (χ3v) is 3.08. The van der Waals surface area contributed by atoms with Crippen molar-refractivity contribution < 1.29 is 9.90 Å². The summed E-state index contributed by atoms with van der Waals surface area (Å²) in [4.78, 5) is 10.9. The second-order valence-corrected chi connectivity index (χ2v) is 5.17. The number of nitrogens with two attached hydrogens (primary N) is 1. The van der Waals surface area contributed by atoms with Crippen LogP contribution in [0.1, 0.15) is 15.9 Å². The number of aryl methyl sites for hydroxylation is 1. The Kier molecular flexibility index (Phi) is 3.76. The van der Waals surface area contributed by atoms with Crippen molar-refractivity contribution in [2.75, 3.05) is 11.1 Å². The Morgan fingerprint density at radius 1 is 1.26 bits per heavy atom. The first-order chi connectivity index (χ1) is 8.95. The van der Waals surface area contributed by atoms with E-state index < -0.39 is 5.97 Å². The predicted molar refractivity (Wildman–Crippen MR) is 80.0 cm³/mol. The van der Waals surface area contributed by atoms with Gasteiger partial charge in [-0.05, 0) is 48.9 Å². The zero-order valence-electron chi connectivity index (χ0n) is 10.3. The van der Waals surface area contributed by atoms with Crippen LogP contribution in [0.3, 0.4) is 0 Å². The second-order valence-electron chi connectivity index (χ2n) is 4.25. The predicted octanol–water partition coefficient (Wildman–Crippen LogP) is 3.78. The fourth-order valence-corrected chi connectivity index (χ4v) is 2.37. The molecule has 4 nitrogen and oxygen atoms in total. The number of carbonyl (C=O) groups is 1. The number of hydrogen-bond acceptors (Lipinski definition) is 3. The summed E-state index contributed by atoms with van der Waals surface area (Å²) < 4.78 is 0.947. The summed E-state index contributed by atoms with van der Waals surface area (Å²) >= 11 is 3.42. The van der Waals surface area contributed by atoms with E-state index >= 15 is 0 Å². The summed E-state index contributed by atoms with van der Waals surface area (Å²) in [5.41, 5.74) is 9.06. The molecule has 2 aromatic carbocycles. The van der Waals surface area contributed by atoms with Crippen LogP contribution in [0.15, 0.2) is 40.9 Å². The molecule has 0 heterocycles. The molecule has 98 valence electrons. The molecule has 4 N–H and O–H groups in total. The molecule has 0 radical (unpaired) electrons. The molecule has 5 heteroatoms. The van der Waals surface area contributed by atoms with Crippen molar-refractivity contribution in [2.45, 2.75) is 6.92 Å². The molecule has 0 aliphatic heterocycles. The largest absolute Gasteiger partial charge is 0.478 e. The van der Waals surface area contributed by atoms with Gasteiger partial charge in [0.1, 0.15) is 0 Å². The van der Waals surface area contributed by atoms with Crippen molar-refractivity contribution in [1.82, 2.24) is 0 Å². The smallest absolute Gasteiger partial charge is 0.335 e. The molecule has 0 spiro atoms. The van der Waals surface area contributed by atoms with Crippen LogP contribution < -0.4 is 11.1 Å². The average Bonchev–Trinajstić information content (AvgIpc) is 2.30. The van der Waals surface area contributed by atoms with Crippen LogP contribution in [0, 0.1) is 6.92 Å². The molecule has 0 aliphatic carbocycles. The number of anilines is 3. The van der Waals surface area contributed by atoms with Crippen LogP contribution in [0.25, 0.3) is 0 Å². The lowest BCUT2D eigenvalue weighted by Crippen LogP contribution is -2.01. The van der Waals surface area contributed by atoms with E-state index in [1.165, 1.54) is 12.1 Å². The van der Waals surface area contributed by atoms with Gasteiger partial charge in [-0.1, -0.05) is 15.9 Å². The highest BCUT2D eigenvalue weighted by Crippen LogP contribution is 2.27. The molecule has 0 bridgehead atoms. The minimum Gasteiger partial charge on any atom is -0.478 e. The number of halogens is 1. The van der Waals surface area contributed by atoms with E-state index in [9.17, 15) is 4.79 Å². The van der Waals surface area contributed by atoms with Crippen LogP contribution in [-0.2, 0) is 0 Å². The first-order valence-electron chi connectivity index (χ1n) is 5.63. The van der Waals surface area contributed by atoms with E-state index in [4.69, 9.17) is 10.8 Å². The molecular weight excluding hydrogens is 308 g/mol. The Bertz CT molecular complexity index is 621. The SMILES string of the molecule is Cc1cc(Br)cc(Nc2cc(C(=O)O)ccc2N)c1. The zero-order chi connectivity index (χ0) is 14.0. The summed E-state index contributed by atoms with van der Waals surface area (Å²) in [6.07, 6.45) is 0. The normalized spacial score (nSPS) is 10.2. The van der Waals surface area contributed by atoms with E-state index in [2.05, 4.69) is 21.2 Å². The highest BCUT2D eigenvalue weighted by Gasteiger charge is 2.07. The molecule has 2 rings (SSSR count). The fraction of sp³-hybridized carbons (Fsp3) is 0.0714. The first-order valence-corrected chi connectivity index (χ1v) is 6.42. The summed E-state index contributed by atoms with van der Waals surface area (Å²) in [6.45, 7) is 1.98. The Morgan fingerprint density at radius 2 is 2.00 bits per heavy atom. The van der Waals surface area contributed by atoms with Crippen molar-refractivity contribution in [3.8, 4) is 0 Å². The van der Waals surface area contributed by atoms with E-state index in [0.717, 1.165) is 15.7 Å². The van der Waals surface area contributed by atoms with Gasteiger partial charge in [0.05, 0.1) is 16.9 Å². The molecule has 0 atom stereocenters. The van der Waals surface area contributed by atoms with Gasteiger partial charge in [-0.25, -0.2) is 4.79 Å². The topological polar surface area (TPSA) is 75.3 Å². The van der Waals surface area contributed by atoms with Gasteiger partial charge < -0.3 is 16.2 Å². The van der Waals surface area contributed by atoms with Crippen molar-refractivity contribution in [1.29, 1.82) is 0 Å². The number of carboxylic acid groups (broad SMARTS) is 1. The molecule has 0 aliphatic rings. The van der Waals surface area contributed by atoms with Gasteiger partial charge >= 0.3 is 5.97 Å². The van der Waals surface area contributed by atoms with E-state index in [0.29, 0.717) is 11.4 Å². The van der Waals surface area contributed by atoms with Crippen molar-refractivity contribution >= 4 is 39.0 Å². The number of nitrogens with one attached hydrogen (secondary N) is 1. The van der Waals surface area contributed by atoms with Gasteiger partial charge in [0, 0.05) is 10.2 Å². The third-order valence-electron chi connectivity index (χ3n) is 2.62. The van der Waals surface area contributed by atoms with Crippen LogP contribution in [0.2, 0.25) is 0 Å². The van der Waals surface area contributed by atoms with Crippen LogP contribution in [0.5, 0.6) is 0 Å². The molecule has 0 unspecified atom stereocenters. The van der Waals surface area contributed by atoms with Gasteiger partial charge in [0.15, 0.2) is 0 Å². The Hall–Kier alpha value is -2.01. The average molecular weight is 321 g/mol. The highest BCUT2D eigenvalue weighted by atomic mass is 79.9. The van der Waals surface area contributed by atoms with Gasteiger partial charge in [0.2, 0.25) is 0 Å². The number of benzene rings is 2. The summed E-state index contributed by atoms with van der Waals surface area (Å²) in [5, 5.41) is 12.1. The van der Waals surface area contributed by atoms with Crippen molar-refractivity contribution in [3.63, 3.8) is 0 Å². The number of nitrogen functional groups attached to an aromatic ring is 1. The van der Waals surface area contributed by atoms with E-state index in [1.807, 2.05) is 25.1 Å². The monoisotopic (exact) mass is 320 g/mol. The van der Waals surface area contributed by atoms with E-state index in [-0.39, 0.29) is 5.56 Å². The fourth-order valence-electron chi connectivity index (χ4n) is 1.76. The number of hydrogen-bond donors (Lipinski definition) is 3. The second kappa shape index (κ2) is 5.32. The van der Waals surface area contributed by atoms with E-state index in [1.54, 1.807) is 6.07 Å². The standard InChI is InChI=1S/C14H13BrN2O2/c1-8-4-10(15)7-11(5-8)17-13-6-9(14(18)19)2-3-12(13)16/h2-7,17H,16H2,1H3,(H,18,19). The van der Waals surface area contributed by atoms with Gasteiger partial charge in [-0.2, -0.15) is 0 Å². The maximum Gasteiger partial charge on any atom is 0.335 e. The number of rotatable bonds is 3. The lowest BCUT2D eigenvalue weighted by Gasteiger charge is -2.11. The molecule has 19 heavy (non-hydrogen) atoms. The molecule has 0 saturated carbocycles. The van der Waals surface area contributed by atoms with Crippen molar-refractivity contribution in [3.05, 3.63) is 52.0 Å². The van der Waals surface area contributed by atoms with Gasteiger partial charge in [-0.3, -0.25) is 0 Å². The summed E-state index contributed by atoms with van der Waals surface area (Å²) in [7, 11) is 0. The maximum atomic E-state index is 10.9. The summed E-state index contributed by atoms with van der Waals surface area (Å²) in [6, 6.07) is 10.4. The van der Waals surface area contributed by atoms with Crippen LogP contribution >= 0.6 is 15.9 Å². The minimum atomic E-state index is -0.978. The Labute approximate surface area is 119 Å². The highest BCUT2D eigenvalue weighted by molar-refractivity contribution is 9.10. The zero-order valence-corrected chi connectivity index (χ0v) is 11.9. The quantitative estimate of drug-likeness (QED) is 0.752. The molecule has 2 aromatic rings. The lowest BCUT2D eigenvalue weighted by atomic mass is 10.1. The van der Waals surface area contributed by atoms with Gasteiger partial charge in [0.25, 0.3) is 0 Å². The van der Waals surface area contributed by atoms with Gasteiger partial charge in [-0.15, -0.1) is 0 Å². The Morgan fingerprint density at radius 3 is 2.63 bits per heavy atom. The maximum absolute atomic E-state index is 10.9. The minimum absolute atomic E-state index is 0.198. The number of carboxylic acids is 1. The van der Waals surface area contributed by atoms with Crippen LogP contribution in [-0.4, -0.2) is 11.1 Å². The molecule has 0 saturated heterocycles. The Balaban J connectivity index is 2.37.